The first-order chi connectivity index (χ1) is 26.2. The van der Waals surface area contributed by atoms with E-state index in [1.165, 1.54) is 49.3 Å². The van der Waals surface area contributed by atoms with Gasteiger partial charge in [-0.05, 0) is 107 Å². The quantitative estimate of drug-likeness (QED) is 0.171. The molecule has 0 N–H and O–H groups in total. The van der Waals surface area contributed by atoms with Crippen molar-refractivity contribution in [3.63, 3.8) is 0 Å². The molecule has 0 spiro atoms. The summed E-state index contributed by atoms with van der Waals surface area (Å²) in [6.45, 7) is 7.41. The van der Waals surface area contributed by atoms with E-state index in [0.717, 1.165) is 49.9 Å². The first-order valence-electron chi connectivity index (χ1n) is 17.8. The zero-order valence-electron chi connectivity index (χ0n) is 28.5. The zero-order valence-corrected chi connectivity index (χ0v) is 28.5. The summed E-state index contributed by atoms with van der Waals surface area (Å²) >= 11 is 0. The second-order valence-electron chi connectivity index (χ2n) is 13.7. The molecule has 0 bridgehead atoms. The minimum atomic E-state index is 0.639. The van der Waals surface area contributed by atoms with Crippen molar-refractivity contribution in [2.24, 2.45) is 0 Å². The maximum Gasteiger partial charge on any atom is 0.187 e. The number of benzene rings is 8. The van der Waals surface area contributed by atoms with Gasteiger partial charge in [0.15, 0.2) is 5.69 Å². The van der Waals surface area contributed by atoms with E-state index in [0.29, 0.717) is 5.69 Å². The highest BCUT2D eigenvalue weighted by Gasteiger charge is 2.17. The minimum absolute atomic E-state index is 0.639. The van der Waals surface area contributed by atoms with Crippen LogP contribution in [0.15, 0.2) is 180 Å². The number of aromatic nitrogens is 2. The smallest absolute Gasteiger partial charge is 0.187 e. The summed E-state index contributed by atoms with van der Waals surface area (Å²) in [6.07, 6.45) is 0. The molecule has 0 saturated carbocycles. The Morgan fingerprint density at radius 2 is 0.811 bits per heavy atom. The molecule has 0 fully saturated rings. The summed E-state index contributed by atoms with van der Waals surface area (Å²) in [4.78, 5) is 3.60. The summed E-state index contributed by atoms with van der Waals surface area (Å²) in [7, 11) is 0. The van der Waals surface area contributed by atoms with Crippen LogP contribution in [0, 0.1) is 6.57 Å². The average molecular weight is 676 g/mol. The zero-order chi connectivity index (χ0) is 35.0. The Hall–Kier alpha value is -7.35. The number of nitrogens with zero attached hydrogens (tertiary/aromatic N) is 3. The number of rotatable bonds is 4. The van der Waals surface area contributed by atoms with Crippen LogP contribution < -0.4 is 0 Å². The van der Waals surface area contributed by atoms with E-state index in [2.05, 4.69) is 154 Å². The summed E-state index contributed by atoms with van der Waals surface area (Å²) in [5, 5.41) is 7.08. The van der Waals surface area contributed by atoms with Gasteiger partial charge in [0.25, 0.3) is 0 Å². The molecule has 11 aromatic rings. The van der Waals surface area contributed by atoms with Crippen LogP contribution in [0.2, 0.25) is 0 Å². The Labute approximate surface area is 304 Å². The minimum Gasteiger partial charge on any atom is -0.456 e. The third-order valence-corrected chi connectivity index (χ3v) is 10.7. The van der Waals surface area contributed by atoms with Gasteiger partial charge in [0.2, 0.25) is 0 Å². The number of hydrogen-bond donors (Lipinski definition) is 0. The molecule has 0 unspecified atom stereocenters. The van der Waals surface area contributed by atoms with Gasteiger partial charge < -0.3 is 13.6 Å². The molecule has 0 amide bonds. The molecule has 11 rings (SSSR count). The molecule has 3 heterocycles. The highest BCUT2D eigenvalue weighted by atomic mass is 16.3. The molecule has 4 nitrogen and oxygen atoms in total. The van der Waals surface area contributed by atoms with Crippen LogP contribution in [0.25, 0.3) is 104 Å². The predicted octanol–water partition coefficient (Wildman–Crippen LogP) is 13.7. The highest BCUT2D eigenvalue weighted by molar-refractivity contribution is 6.14. The Morgan fingerprint density at radius 3 is 1.43 bits per heavy atom. The Kier molecular flexibility index (Phi) is 6.28. The van der Waals surface area contributed by atoms with Gasteiger partial charge >= 0.3 is 0 Å². The monoisotopic (exact) mass is 675 g/mol. The van der Waals surface area contributed by atoms with Gasteiger partial charge in [-0.2, -0.15) is 0 Å². The molecule has 8 aromatic carbocycles. The maximum atomic E-state index is 7.41. The van der Waals surface area contributed by atoms with Crippen LogP contribution in [-0.4, -0.2) is 9.13 Å². The lowest BCUT2D eigenvalue weighted by Gasteiger charge is -2.09. The van der Waals surface area contributed by atoms with Crippen molar-refractivity contribution in [3.05, 3.63) is 187 Å². The van der Waals surface area contributed by atoms with E-state index in [-0.39, 0.29) is 0 Å². The Balaban J connectivity index is 1.11. The molecule has 3 aromatic heterocycles. The molecule has 0 aliphatic heterocycles. The first-order valence-corrected chi connectivity index (χ1v) is 17.8. The third-order valence-electron chi connectivity index (χ3n) is 10.7. The number of furan rings is 1. The first kappa shape index (κ1) is 29.4. The van der Waals surface area contributed by atoms with Crippen molar-refractivity contribution < 1.29 is 4.42 Å². The normalized spacial score (nSPS) is 11.8. The van der Waals surface area contributed by atoms with Gasteiger partial charge in [0.1, 0.15) is 11.2 Å². The van der Waals surface area contributed by atoms with Gasteiger partial charge in [-0.1, -0.05) is 91.0 Å². The van der Waals surface area contributed by atoms with Crippen LogP contribution >= 0.6 is 0 Å². The van der Waals surface area contributed by atoms with E-state index < -0.39 is 0 Å². The largest absolute Gasteiger partial charge is 0.456 e. The van der Waals surface area contributed by atoms with Gasteiger partial charge in [0, 0.05) is 43.7 Å². The van der Waals surface area contributed by atoms with Gasteiger partial charge in [0.05, 0.1) is 28.6 Å². The fourth-order valence-electron chi connectivity index (χ4n) is 8.25. The molecule has 0 aliphatic rings. The van der Waals surface area contributed by atoms with E-state index in [4.69, 9.17) is 11.0 Å². The van der Waals surface area contributed by atoms with E-state index in [1.807, 2.05) is 36.4 Å². The van der Waals surface area contributed by atoms with Crippen molar-refractivity contribution in [3.8, 4) is 33.6 Å². The fraction of sp³-hybridized carbons (Fsp3) is 0. The Bertz CT molecular complexity index is 3280. The summed E-state index contributed by atoms with van der Waals surface area (Å²) < 4.78 is 10.8. The molecular weight excluding hydrogens is 647 g/mol. The molecule has 0 saturated heterocycles. The van der Waals surface area contributed by atoms with Crippen molar-refractivity contribution in [2.45, 2.75) is 0 Å². The molecular formula is C49H29N3O. The van der Waals surface area contributed by atoms with Gasteiger partial charge in [-0.15, -0.1) is 0 Å². The lowest BCUT2D eigenvalue weighted by molar-refractivity contribution is 0.669. The molecule has 0 radical (unpaired) electrons. The second-order valence-corrected chi connectivity index (χ2v) is 13.7. The van der Waals surface area contributed by atoms with Crippen LogP contribution in [-0.2, 0) is 0 Å². The molecule has 0 atom stereocenters. The van der Waals surface area contributed by atoms with Crippen molar-refractivity contribution in [1.82, 2.24) is 9.13 Å². The van der Waals surface area contributed by atoms with Crippen molar-refractivity contribution in [1.29, 1.82) is 0 Å². The summed E-state index contributed by atoms with van der Waals surface area (Å²) in [5.41, 5.74) is 13.9. The number of fused-ring (bicyclic) bond motifs is 9. The SMILES string of the molecule is [C-]#[N+]c1ccc(-n2c3ccccc3c3cc(-c4ccc5c(c4)c4cc(-c6ccc7oc8ccccc8c7c6)ccc4n5-c4ccccc4)ccc32)cc1. The topological polar surface area (TPSA) is 27.4 Å². The second kappa shape index (κ2) is 11.3. The molecule has 0 aliphatic carbocycles. The number of para-hydroxylation sites is 3. The number of hydrogen-bond acceptors (Lipinski definition) is 1. The summed E-state index contributed by atoms with van der Waals surface area (Å²) in [5.74, 6) is 0. The Morgan fingerprint density at radius 1 is 0.358 bits per heavy atom. The van der Waals surface area contributed by atoms with Crippen LogP contribution in [0.4, 0.5) is 5.69 Å². The van der Waals surface area contributed by atoms with Crippen LogP contribution in [0.1, 0.15) is 0 Å². The molecule has 246 valence electrons. The van der Waals surface area contributed by atoms with Crippen molar-refractivity contribution in [2.75, 3.05) is 0 Å². The fourth-order valence-corrected chi connectivity index (χ4v) is 8.25. The molecule has 4 heteroatoms. The third kappa shape index (κ3) is 4.48. The predicted molar refractivity (Wildman–Crippen MR) is 220 cm³/mol. The average Bonchev–Trinajstić information content (AvgIpc) is 3.88. The van der Waals surface area contributed by atoms with E-state index >= 15 is 0 Å². The summed E-state index contributed by atoms with van der Waals surface area (Å²) in [6, 6.07) is 62.3. The van der Waals surface area contributed by atoms with Crippen LogP contribution in [0.3, 0.4) is 0 Å². The van der Waals surface area contributed by atoms with Gasteiger partial charge in [-0.25, -0.2) is 4.85 Å². The van der Waals surface area contributed by atoms with E-state index in [9.17, 15) is 0 Å². The lowest BCUT2D eigenvalue weighted by atomic mass is 9.98. The van der Waals surface area contributed by atoms with Gasteiger partial charge in [-0.3, -0.25) is 0 Å². The molecule has 53 heavy (non-hydrogen) atoms. The highest BCUT2D eigenvalue weighted by Crippen LogP contribution is 2.40. The van der Waals surface area contributed by atoms with Crippen LogP contribution in [0.5, 0.6) is 0 Å². The standard InChI is InChI=1S/C49H29N3O/c1-50-35-19-21-37(22-20-35)52-44-13-7-5-11-38(44)40-27-31(15-23-45(40)52)32-16-24-46-41(28-32)42-29-33(17-25-47(42)51(46)36-9-3-2-4-10-36)34-18-26-49-43(30-34)39-12-6-8-14-48(39)53-49/h2-30H. The lowest BCUT2D eigenvalue weighted by Crippen LogP contribution is -1.93. The maximum absolute atomic E-state index is 7.41. The van der Waals surface area contributed by atoms with Crippen molar-refractivity contribution >= 4 is 71.2 Å². The van der Waals surface area contributed by atoms with E-state index in [1.54, 1.807) is 0 Å².